The topological polar surface area (TPSA) is 84.5 Å². The number of rotatable bonds is 7. The molecule has 2 N–H and O–H groups in total. The van der Waals surface area contributed by atoms with E-state index in [1.807, 2.05) is 0 Å². The van der Waals surface area contributed by atoms with E-state index < -0.39 is 34.3 Å². The first-order chi connectivity index (χ1) is 15.0. The highest BCUT2D eigenvalue weighted by molar-refractivity contribution is 7.92. The Morgan fingerprint density at radius 3 is 2.25 bits per heavy atom. The summed E-state index contributed by atoms with van der Waals surface area (Å²) in [4.78, 5) is 12.3. The van der Waals surface area contributed by atoms with E-state index >= 15 is 0 Å². The van der Waals surface area contributed by atoms with Crippen LogP contribution in [-0.2, 0) is 21.0 Å². The Labute approximate surface area is 183 Å². The van der Waals surface area contributed by atoms with Crippen LogP contribution in [0.3, 0.4) is 0 Å². The molecule has 0 unspecified atom stereocenters. The molecule has 0 aliphatic carbocycles. The number of benzene rings is 3. The summed E-state index contributed by atoms with van der Waals surface area (Å²) in [5, 5.41) is 2.56. The lowest BCUT2D eigenvalue weighted by atomic mass is 10.2. The molecule has 0 aromatic heterocycles. The van der Waals surface area contributed by atoms with Crippen LogP contribution in [-0.4, -0.2) is 20.9 Å². The summed E-state index contributed by atoms with van der Waals surface area (Å²) in [6, 6.07) is 16.5. The van der Waals surface area contributed by atoms with Crippen LogP contribution in [0.1, 0.15) is 11.1 Å². The van der Waals surface area contributed by atoms with Gasteiger partial charge in [0.25, 0.3) is 15.9 Å². The summed E-state index contributed by atoms with van der Waals surface area (Å²) in [5.74, 6) is -0.459. The van der Waals surface area contributed by atoms with Gasteiger partial charge in [-0.2, -0.15) is 13.2 Å². The highest BCUT2D eigenvalue weighted by atomic mass is 32.2. The molecule has 168 valence electrons. The van der Waals surface area contributed by atoms with E-state index in [1.54, 1.807) is 37.3 Å². The normalized spacial score (nSPS) is 11.6. The second-order valence-electron chi connectivity index (χ2n) is 6.81. The monoisotopic (exact) mass is 464 g/mol. The smallest absolute Gasteiger partial charge is 0.416 e. The Balaban J connectivity index is 1.63. The number of alkyl halides is 3. The number of anilines is 2. The van der Waals surface area contributed by atoms with Gasteiger partial charge >= 0.3 is 6.18 Å². The molecule has 0 aliphatic heterocycles. The zero-order valence-corrected chi connectivity index (χ0v) is 17.6. The largest absolute Gasteiger partial charge is 0.484 e. The highest BCUT2D eigenvalue weighted by Gasteiger charge is 2.30. The number of halogens is 3. The molecule has 0 radical (unpaired) electrons. The molecule has 32 heavy (non-hydrogen) atoms. The molecule has 0 spiro atoms. The molecule has 0 saturated carbocycles. The molecule has 3 rings (SSSR count). The van der Waals surface area contributed by atoms with E-state index in [2.05, 4.69) is 10.0 Å². The lowest BCUT2D eigenvalue weighted by Crippen LogP contribution is -2.20. The highest BCUT2D eigenvalue weighted by Crippen LogP contribution is 2.30. The van der Waals surface area contributed by atoms with Gasteiger partial charge in [0.1, 0.15) is 5.75 Å². The third kappa shape index (κ3) is 6.01. The Morgan fingerprint density at radius 2 is 1.62 bits per heavy atom. The van der Waals surface area contributed by atoms with E-state index in [-0.39, 0.29) is 16.3 Å². The van der Waals surface area contributed by atoms with Crippen molar-refractivity contribution < 1.29 is 31.1 Å². The zero-order valence-electron chi connectivity index (χ0n) is 16.8. The summed E-state index contributed by atoms with van der Waals surface area (Å²) in [6.45, 7) is 1.27. The third-order valence-electron chi connectivity index (χ3n) is 4.37. The number of aryl methyl sites for hydroxylation is 1. The van der Waals surface area contributed by atoms with Gasteiger partial charge in [0.2, 0.25) is 0 Å². The van der Waals surface area contributed by atoms with Gasteiger partial charge in [0.05, 0.1) is 16.1 Å². The average molecular weight is 464 g/mol. The molecule has 0 bridgehead atoms. The van der Waals surface area contributed by atoms with Crippen LogP contribution >= 0.6 is 0 Å². The molecule has 0 heterocycles. The molecular formula is C22H19F3N2O4S. The number of hydrogen-bond donors (Lipinski definition) is 2. The van der Waals surface area contributed by atoms with E-state index in [1.165, 1.54) is 18.2 Å². The van der Waals surface area contributed by atoms with Crippen molar-refractivity contribution in [2.24, 2.45) is 0 Å². The fourth-order valence-corrected chi connectivity index (χ4v) is 3.84. The van der Waals surface area contributed by atoms with Crippen molar-refractivity contribution >= 4 is 27.3 Å². The third-order valence-corrected chi connectivity index (χ3v) is 5.75. The maximum Gasteiger partial charge on any atom is 0.416 e. The number of carbonyl (C=O) groups is 1. The van der Waals surface area contributed by atoms with Crippen molar-refractivity contribution in [1.82, 2.24) is 0 Å². The summed E-state index contributed by atoms with van der Waals surface area (Å²) >= 11 is 0. The van der Waals surface area contributed by atoms with E-state index in [4.69, 9.17) is 4.74 Å². The predicted molar refractivity (Wildman–Crippen MR) is 114 cm³/mol. The Kier molecular flexibility index (Phi) is 6.73. The van der Waals surface area contributed by atoms with E-state index in [0.29, 0.717) is 11.3 Å². The molecule has 3 aromatic rings. The van der Waals surface area contributed by atoms with Crippen molar-refractivity contribution in [3.8, 4) is 5.75 Å². The zero-order chi connectivity index (χ0) is 23.4. The second kappa shape index (κ2) is 9.31. The Morgan fingerprint density at radius 1 is 0.969 bits per heavy atom. The summed E-state index contributed by atoms with van der Waals surface area (Å²) in [6.07, 6.45) is -4.46. The fraction of sp³-hybridized carbons (Fsp3) is 0.136. The number of amides is 1. The molecule has 0 fully saturated rings. The summed E-state index contributed by atoms with van der Waals surface area (Å²) in [5.41, 5.74) is 0.431. The maximum atomic E-state index is 12.6. The van der Waals surface area contributed by atoms with Gasteiger partial charge in [0, 0.05) is 5.69 Å². The van der Waals surface area contributed by atoms with Crippen molar-refractivity contribution in [3.05, 3.63) is 83.9 Å². The van der Waals surface area contributed by atoms with Crippen molar-refractivity contribution in [2.45, 2.75) is 18.0 Å². The number of nitrogens with one attached hydrogen (secondary N) is 2. The van der Waals surface area contributed by atoms with Crippen LogP contribution in [0.15, 0.2) is 77.7 Å². The van der Waals surface area contributed by atoms with Crippen LogP contribution < -0.4 is 14.8 Å². The molecule has 10 heteroatoms. The number of carbonyl (C=O) groups excluding carboxylic acids is 1. The standard InChI is InChI=1S/C22H19F3N2O4S/c1-15-7-10-17(13-20(15)27-32(29,30)19-5-3-2-4-6-19)26-21(28)14-31-18-11-8-16(9-12-18)22(23,24)25/h2-13,27H,14H2,1H3,(H,26,28). The summed E-state index contributed by atoms with van der Waals surface area (Å²) < 4.78 is 70.6. The van der Waals surface area contributed by atoms with Crippen LogP contribution in [0.25, 0.3) is 0 Å². The average Bonchev–Trinajstić information content (AvgIpc) is 2.75. The molecule has 6 nitrogen and oxygen atoms in total. The molecule has 0 saturated heterocycles. The van der Waals surface area contributed by atoms with Gasteiger partial charge in [0.15, 0.2) is 6.61 Å². The minimum atomic E-state index is -4.46. The van der Waals surface area contributed by atoms with Gasteiger partial charge in [-0.05, 0) is 61.0 Å². The van der Waals surface area contributed by atoms with Gasteiger partial charge < -0.3 is 10.1 Å². The predicted octanol–water partition coefficient (Wildman–Crippen LogP) is 4.83. The van der Waals surface area contributed by atoms with Gasteiger partial charge in [-0.1, -0.05) is 24.3 Å². The number of hydrogen-bond acceptors (Lipinski definition) is 4. The first-order valence-electron chi connectivity index (χ1n) is 9.33. The molecule has 0 aliphatic rings. The van der Waals surface area contributed by atoms with Crippen molar-refractivity contribution in [1.29, 1.82) is 0 Å². The maximum absolute atomic E-state index is 12.6. The first-order valence-corrected chi connectivity index (χ1v) is 10.8. The van der Waals surface area contributed by atoms with Crippen molar-refractivity contribution in [3.63, 3.8) is 0 Å². The quantitative estimate of drug-likeness (QED) is 0.525. The molecular weight excluding hydrogens is 445 g/mol. The van der Waals surface area contributed by atoms with Crippen LogP contribution in [0.2, 0.25) is 0 Å². The van der Waals surface area contributed by atoms with Crippen LogP contribution in [0.5, 0.6) is 5.75 Å². The Hall–Kier alpha value is -3.53. The first kappa shape index (κ1) is 23.1. The molecule has 3 aromatic carbocycles. The second-order valence-corrected chi connectivity index (χ2v) is 8.49. The minimum Gasteiger partial charge on any atom is -0.484 e. The van der Waals surface area contributed by atoms with Gasteiger partial charge in [-0.25, -0.2) is 8.42 Å². The van der Waals surface area contributed by atoms with E-state index in [9.17, 15) is 26.4 Å². The minimum absolute atomic E-state index is 0.0961. The number of ether oxygens (including phenoxy) is 1. The molecule has 1 amide bonds. The SMILES string of the molecule is Cc1ccc(NC(=O)COc2ccc(C(F)(F)F)cc2)cc1NS(=O)(=O)c1ccccc1. The van der Waals surface area contributed by atoms with Gasteiger partial charge in [-0.3, -0.25) is 9.52 Å². The van der Waals surface area contributed by atoms with Crippen molar-refractivity contribution in [2.75, 3.05) is 16.6 Å². The lowest BCUT2D eigenvalue weighted by molar-refractivity contribution is -0.137. The summed E-state index contributed by atoms with van der Waals surface area (Å²) in [7, 11) is -3.81. The van der Waals surface area contributed by atoms with E-state index in [0.717, 1.165) is 24.3 Å². The fourth-order valence-electron chi connectivity index (χ4n) is 2.70. The molecule has 0 atom stereocenters. The van der Waals surface area contributed by atoms with Gasteiger partial charge in [-0.15, -0.1) is 0 Å². The number of sulfonamides is 1. The van der Waals surface area contributed by atoms with Crippen LogP contribution in [0.4, 0.5) is 24.5 Å². The Bertz CT molecular complexity index is 1200. The lowest BCUT2D eigenvalue weighted by Gasteiger charge is -2.13. The van der Waals surface area contributed by atoms with Crippen LogP contribution in [0, 0.1) is 6.92 Å².